The molecule has 0 amide bonds. The van der Waals surface area contributed by atoms with Crippen LogP contribution >= 0.6 is 34.8 Å². The van der Waals surface area contributed by atoms with E-state index in [-0.39, 0.29) is 30.3 Å². The summed E-state index contributed by atoms with van der Waals surface area (Å²) >= 11 is 17.8. The van der Waals surface area contributed by atoms with Gasteiger partial charge < -0.3 is 0 Å². The fraction of sp³-hybridized carbons (Fsp3) is 0.130. The summed E-state index contributed by atoms with van der Waals surface area (Å²) in [4.78, 5) is 25.5. The highest BCUT2D eigenvalue weighted by Gasteiger charge is 2.21. The molecular formula is C23H17Cl3O2. The second-order valence-electron chi connectivity index (χ2n) is 6.52. The van der Waals surface area contributed by atoms with Crippen LogP contribution in [0.15, 0.2) is 72.8 Å². The van der Waals surface area contributed by atoms with Crippen LogP contribution in [0, 0.1) is 0 Å². The summed E-state index contributed by atoms with van der Waals surface area (Å²) in [6.07, 6.45) is 0.422. The highest BCUT2D eigenvalue weighted by molar-refractivity contribution is 6.31. The van der Waals surface area contributed by atoms with Crippen molar-refractivity contribution in [3.63, 3.8) is 0 Å². The monoisotopic (exact) mass is 430 g/mol. The Labute approximate surface area is 179 Å². The van der Waals surface area contributed by atoms with Gasteiger partial charge in [-0.2, -0.15) is 0 Å². The minimum Gasteiger partial charge on any atom is -0.294 e. The minimum absolute atomic E-state index is 0.0412. The maximum absolute atomic E-state index is 12.8. The van der Waals surface area contributed by atoms with E-state index in [0.717, 1.165) is 5.56 Å². The van der Waals surface area contributed by atoms with E-state index in [1.165, 1.54) is 0 Å². The molecular weight excluding hydrogens is 415 g/mol. The van der Waals surface area contributed by atoms with Crippen molar-refractivity contribution in [3.8, 4) is 0 Å². The Morgan fingerprint density at radius 1 is 0.571 bits per heavy atom. The third-order valence-corrected chi connectivity index (χ3v) is 5.29. The first-order valence-corrected chi connectivity index (χ1v) is 9.89. The maximum Gasteiger partial charge on any atom is 0.163 e. The number of Topliss-reactive ketones (excluding diaryl/α,β-unsaturated/α-hetero) is 2. The fourth-order valence-electron chi connectivity index (χ4n) is 3.00. The van der Waals surface area contributed by atoms with Crippen LogP contribution in [0.2, 0.25) is 15.1 Å². The van der Waals surface area contributed by atoms with E-state index in [9.17, 15) is 9.59 Å². The van der Waals surface area contributed by atoms with Gasteiger partial charge in [-0.05, 0) is 72.1 Å². The molecule has 0 fully saturated rings. The molecule has 0 aliphatic rings. The van der Waals surface area contributed by atoms with Crippen LogP contribution in [-0.4, -0.2) is 11.6 Å². The van der Waals surface area contributed by atoms with Gasteiger partial charge in [-0.15, -0.1) is 0 Å². The molecule has 0 aromatic heterocycles. The zero-order valence-electron chi connectivity index (χ0n) is 14.9. The average molecular weight is 432 g/mol. The fourth-order valence-corrected chi connectivity index (χ4v) is 3.38. The van der Waals surface area contributed by atoms with Gasteiger partial charge >= 0.3 is 0 Å². The van der Waals surface area contributed by atoms with Crippen LogP contribution in [0.1, 0.15) is 45.0 Å². The molecule has 2 nitrogen and oxygen atoms in total. The summed E-state index contributed by atoms with van der Waals surface area (Å²) in [5, 5.41) is 1.75. The number of hydrogen-bond donors (Lipinski definition) is 0. The SMILES string of the molecule is O=C(CC(CC(=O)c1ccc(Cl)cc1)c1ccc(Cl)cc1)c1ccc(Cl)cc1. The summed E-state index contributed by atoms with van der Waals surface area (Å²) in [7, 11) is 0. The summed E-state index contributed by atoms with van der Waals surface area (Å²) in [5.74, 6) is -0.343. The Morgan fingerprint density at radius 3 is 1.25 bits per heavy atom. The molecule has 142 valence electrons. The molecule has 0 heterocycles. The predicted molar refractivity (Wildman–Crippen MR) is 115 cm³/mol. The minimum atomic E-state index is -0.261. The first-order valence-electron chi connectivity index (χ1n) is 8.75. The van der Waals surface area contributed by atoms with Crippen molar-refractivity contribution in [2.45, 2.75) is 18.8 Å². The molecule has 0 aliphatic heterocycles. The van der Waals surface area contributed by atoms with Gasteiger partial charge in [0.2, 0.25) is 0 Å². The second-order valence-corrected chi connectivity index (χ2v) is 7.83. The summed E-state index contributed by atoms with van der Waals surface area (Å²) in [6.45, 7) is 0. The van der Waals surface area contributed by atoms with E-state index >= 15 is 0 Å². The normalized spacial score (nSPS) is 10.9. The Balaban J connectivity index is 1.83. The largest absolute Gasteiger partial charge is 0.294 e. The molecule has 0 atom stereocenters. The first-order chi connectivity index (χ1) is 13.4. The number of carbonyl (C=O) groups excluding carboxylic acids is 2. The van der Waals surface area contributed by atoms with Crippen LogP contribution in [0.25, 0.3) is 0 Å². The molecule has 0 saturated heterocycles. The van der Waals surface area contributed by atoms with Crippen molar-refractivity contribution in [2.24, 2.45) is 0 Å². The lowest BCUT2D eigenvalue weighted by Gasteiger charge is -2.17. The lowest BCUT2D eigenvalue weighted by Crippen LogP contribution is -2.12. The standard InChI is InChI=1S/C23H17Cl3O2/c24-19-7-1-15(2-8-19)18(13-22(27)16-3-9-20(25)10-4-16)14-23(28)17-5-11-21(26)12-6-17/h1-12,18H,13-14H2. The van der Waals surface area contributed by atoms with Crippen molar-refractivity contribution in [2.75, 3.05) is 0 Å². The molecule has 0 aliphatic carbocycles. The number of carbonyl (C=O) groups is 2. The third-order valence-electron chi connectivity index (χ3n) is 4.54. The number of hydrogen-bond acceptors (Lipinski definition) is 2. The number of halogens is 3. The molecule has 5 heteroatoms. The number of rotatable bonds is 7. The molecule has 0 bridgehead atoms. The Morgan fingerprint density at radius 2 is 0.893 bits per heavy atom. The van der Waals surface area contributed by atoms with Gasteiger partial charge in [-0.25, -0.2) is 0 Å². The maximum atomic E-state index is 12.8. The molecule has 0 spiro atoms. The smallest absolute Gasteiger partial charge is 0.163 e. The Kier molecular flexibility index (Phi) is 6.90. The Bertz CT molecular complexity index is 903. The molecule has 0 N–H and O–H groups in total. The zero-order chi connectivity index (χ0) is 20.1. The predicted octanol–water partition coefficient (Wildman–Crippen LogP) is 7.28. The van der Waals surface area contributed by atoms with Crippen molar-refractivity contribution in [1.82, 2.24) is 0 Å². The highest BCUT2D eigenvalue weighted by Crippen LogP contribution is 2.29. The van der Waals surface area contributed by atoms with E-state index in [4.69, 9.17) is 34.8 Å². The topological polar surface area (TPSA) is 34.1 Å². The van der Waals surface area contributed by atoms with Gasteiger partial charge in [0.25, 0.3) is 0 Å². The first kappa shape index (κ1) is 20.6. The number of benzene rings is 3. The van der Waals surface area contributed by atoms with Crippen molar-refractivity contribution in [1.29, 1.82) is 0 Å². The van der Waals surface area contributed by atoms with E-state index in [2.05, 4.69) is 0 Å². The molecule has 3 aromatic rings. The van der Waals surface area contributed by atoms with Crippen molar-refractivity contribution in [3.05, 3.63) is 105 Å². The molecule has 3 rings (SSSR count). The van der Waals surface area contributed by atoms with E-state index in [1.54, 1.807) is 60.7 Å². The summed E-state index contributed by atoms with van der Waals surface area (Å²) in [5.41, 5.74) is 2.04. The van der Waals surface area contributed by atoms with Gasteiger partial charge in [0.1, 0.15) is 0 Å². The zero-order valence-corrected chi connectivity index (χ0v) is 17.1. The van der Waals surface area contributed by atoms with E-state index in [1.807, 2.05) is 12.1 Å². The van der Waals surface area contributed by atoms with Crippen LogP contribution < -0.4 is 0 Å². The van der Waals surface area contributed by atoms with Gasteiger partial charge in [0, 0.05) is 39.0 Å². The summed E-state index contributed by atoms with van der Waals surface area (Å²) < 4.78 is 0. The van der Waals surface area contributed by atoms with Crippen LogP contribution in [0.3, 0.4) is 0 Å². The van der Waals surface area contributed by atoms with Crippen LogP contribution in [-0.2, 0) is 0 Å². The van der Waals surface area contributed by atoms with Gasteiger partial charge in [0.05, 0.1) is 0 Å². The van der Waals surface area contributed by atoms with E-state index < -0.39 is 0 Å². The summed E-state index contributed by atoms with van der Waals surface area (Å²) in [6, 6.07) is 20.8. The second kappa shape index (κ2) is 9.38. The average Bonchev–Trinajstić information content (AvgIpc) is 2.69. The molecule has 0 radical (unpaired) electrons. The molecule has 0 saturated carbocycles. The van der Waals surface area contributed by atoms with Crippen LogP contribution in [0.4, 0.5) is 0 Å². The quantitative estimate of drug-likeness (QED) is 0.368. The highest BCUT2D eigenvalue weighted by atomic mass is 35.5. The van der Waals surface area contributed by atoms with Gasteiger partial charge in [0.15, 0.2) is 11.6 Å². The van der Waals surface area contributed by atoms with E-state index in [0.29, 0.717) is 26.2 Å². The third kappa shape index (κ3) is 5.45. The molecule has 3 aromatic carbocycles. The number of ketones is 2. The van der Waals surface area contributed by atoms with Crippen molar-refractivity contribution < 1.29 is 9.59 Å². The van der Waals surface area contributed by atoms with Gasteiger partial charge in [-0.1, -0.05) is 46.9 Å². The van der Waals surface area contributed by atoms with Gasteiger partial charge in [-0.3, -0.25) is 9.59 Å². The lowest BCUT2D eigenvalue weighted by atomic mass is 9.86. The lowest BCUT2D eigenvalue weighted by molar-refractivity contribution is 0.0944. The molecule has 28 heavy (non-hydrogen) atoms. The molecule has 0 unspecified atom stereocenters. The Hall–Kier alpha value is -2.13. The van der Waals surface area contributed by atoms with Crippen LogP contribution in [0.5, 0.6) is 0 Å². The van der Waals surface area contributed by atoms with Crippen molar-refractivity contribution >= 4 is 46.4 Å².